The number of aliphatic hydroxyl groups is 1. The lowest BCUT2D eigenvalue weighted by atomic mass is 9.86. The summed E-state index contributed by atoms with van der Waals surface area (Å²) in [7, 11) is 0. The van der Waals surface area contributed by atoms with E-state index in [1.165, 1.54) is 5.56 Å². The second kappa shape index (κ2) is 13.3. The van der Waals surface area contributed by atoms with Gasteiger partial charge >= 0.3 is 0 Å². The van der Waals surface area contributed by atoms with Crippen molar-refractivity contribution in [3.05, 3.63) is 35.4 Å². The Hall–Kier alpha value is -0.860. The van der Waals surface area contributed by atoms with E-state index in [0.29, 0.717) is 6.54 Å². The van der Waals surface area contributed by atoms with Gasteiger partial charge in [-0.1, -0.05) is 45.0 Å². The second-order valence-corrected chi connectivity index (χ2v) is 7.08. The van der Waals surface area contributed by atoms with E-state index in [2.05, 4.69) is 48.5 Å². The highest BCUT2D eigenvalue weighted by Gasteiger charge is 2.14. The minimum Gasteiger partial charge on any atom is -0.386 e. The number of benzene rings is 1. The molecular formula is C20H36IN3O2. The van der Waals surface area contributed by atoms with Crippen LogP contribution in [0.4, 0.5) is 0 Å². The SMILES string of the molecule is CCNC(=NCC(O)c1ccc(C(C)(C)C)cc1)NCCCOCC.I. The molecule has 0 fully saturated rings. The first-order valence-electron chi connectivity index (χ1n) is 9.26. The van der Waals surface area contributed by atoms with Crippen LogP contribution in [0.3, 0.4) is 0 Å². The standard InChI is InChI=1S/C20H35N3O2.HI/c1-6-21-19(22-13-8-14-25-7-2)23-15-18(24)16-9-11-17(12-10-16)20(3,4)5;/h9-12,18,24H,6-8,13-15H2,1-5H3,(H2,21,22,23);1H. The lowest BCUT2D eigenvalue weighted by Gasteiger charge is -2.20. The number of ether oxygens (including phenoxy) is 1. The summed E-state index contributed by atoms with van der Waals surface area (Å²) < 4.78 is 5.32. The molecule has 1 aromatic carbocycles. The molecule has 0 spiro atoms. The van der Waals surface area contributed by atoms with Gasteiger partial charge in [-0.3, -0.25) is 4.99 Å². The molecule has 1 unspecified atom stereocenters. The molecule has 0 aliphatic carbocycles. The zero-order valence-electron chi connectivity index (χ0n) is 16.8. The molecule has 150 valence electrons. The first-order valence-corrected chi connectivity index (χ1v) is 9.26. The number of halogens is 1. The van der Waals surface area contributed by atoms with E-state index in [-0.39, 0.29) is 29.4 Å². The van der Waals surface area contributed by atoms with Crippen LogP contribution in [0.25, 0.3) is 0 Å². The van der Waals surface area contributed by atoms with Gasteiger partial charge in [0.2, 0.25) is 0 Å². The third kappa shape index (κ3) is 9.73. The number of hydrogen-bond acceptors (Lipinski definition) is 3. The molecule has 5 nitrogen and oxygen atoms in total. The van der Waals surface area contributed by atoms with Gasteiger partial charge in [0, 0.05) is 26.3 Å². The maximum atomic E-state index is 10.4. The monoisotopic (exact) mass is 477 g/mol. The molecule has 26 heavy (non-hydrogen) atoms. The highest BCUT2D eigenvalue weighted by Crippen LogP contribution is 2.24. The Balaban J connectivity index is 0.00000625. The highest BCUT2D eigenvalue weighted by atomic mass is 127. The van der Waals surface area contributed by atoms with Gasteiger partial charge in [0.15, 0.2) is 5.96 Å². The first-order chi connectivity index (χ1) is 11.9. The van der Waals surface area contributed by atoms with Crippen LogP contribution in [-0.4, -0.2) is 43.9 Å². The number of guanidine groups is 1. The van der Waals surface area contributed by atoms with Crippen molar-refractivity contribution in [1.82, 2.24) is 10.6 Å². The van der Waals surface area contributed by atoms with Gasteiger partial charge in [0.1, 0.15) is 0 Å². The molecule has 1 atom stereocenters. The Labute approximate surface area is 176 Å². The molecule has 0 aromatic heterocycles. The van der Waals surface area contributed by atoms with E-state index in [4.69, 9.17) is 4.74 Å². The molecule has 1 rings (SSSR count). The van der Waals surface area contributed by atoms with E-state index >= 15 is 0 Å². The van der Waals surface area contributed by atoms with Crippen LogP contribution in [0, 0.1) is 0 Å². The topological polar surface area (TPSA) is 65.9 Å². The zero-order chi connectivity index (χ0) is 18.7. The molecule has 0 amide bonds. The van der Waals surface area contributed by atoms with Gasteiger partial charge in [0.25, 0.3) is 0 Å². The van der Waals surface area contributed by atoms with Gasteiger partial charge < -0.3 is 20.5 Å². The summed E-state index contributed by atoms with van der Waals surface area (Å²) in [5, 5.41) is 16.8. The predicted octanol–water partition coefficient (Wildman–Crippen LogP) is 3.62. The van der Waals surface area contributed by atoms with Crippen molar-refractivity contribution in [3.8, 4) is 0 Å². The van der Waals surface area contributed by atoms with Crippen LogP contribution < -0.4 is 10.6 Å². The Morgan fingerprint density at radius 2 is 1.81 bits per heavy atom. The maximum absolute atomic E-state index is 10.4. The summed E-state index contributed by atoms with van der Waals surface area (Å²) >= 11 is 0. The number of nitrogens with zero attached hydrogens (tertiary/aromatic N) is 1. The van der Waals surface area contributed by atoms with Gasteiger partial charge in [-0.15, -0.1) is 24.0 Å². The van der Waals surface area contributed by atoms with Crippen molar-refractivity contribution < 1.29 is 9.84 Å². The third-order valence-corrected chi connectivity index (χ3v) is 3.89. The average molecular weight is 477 g/mol. The molecule has 0 heterocycles. The maximum Gasteiger partial charge on any atom is 0.191 e. The number of aliphatic hydroxyl groups excluding tert-OH is 1. The van der Waals surface area contributed by atoms with Crippen LogP contribution in [0.2, 0.25) is 0 Å². The summed E-state index contributed by atoms with van der Waals surface area (Å²) in [6.45, 7) is 14.0. The molecule has 1 aromatic rings. The van der Waals surface area contributed by atoms with E-state index < -0.39 is 6.10 Å². The lowest BCUT2D eigenvalue weighted by molar-refractivity contribution is 0.145. The van der Waals surface area contributed by atoms with E-state index in [0.717, 1.165) is 44.2 Å². The molecule has 0 aliphatic rings. The smallest absolute Gasteiger partial charge is 0.191 e. The summed E-state index contributed by atoms with van der Waals surface area (Å²) in [5.41, 5.74) is 2.27. The Morgan fingerprint density at radius 1 is 1.15 bits per heavy atom. The number of nitrogens with one attached hydrogen (secondary N) is 2. The molecule has 0 saturated heterocycles. The molecule has 0 bridgehead atoms. The van der Waals surface area contributed by atoms with Crippen LogP contribution in [0.5, 0.6) is 0 Å². The predicted molar refractivity (Wildman–Crippen MR) is 121 cm³/mol. The van der Waals surface area contributed by atoms with E-state index in [1.807, 2.05) is 26.0 Å². The normalized spacial score (nSPS) is 13.1. The summed E-state index contributed by atoms with van der Waals surface area (Å²) in [5.74, 6) is 0.726. The minimum atomic E-state index is -0.604. The lowest BCUT2D eigenvalue weighted by Crippen LogP contribution is -2.38. The van der Waals surface area contributed by atoms with E-state index in [1.54, 1.807) is 0 Å². The largest absolute Gasteiger partial charge is 0.386 e. The summed E-state index contributed by atoms with van der Waals surface area (Å²) in [6.07, 6.45) is 0.322. The van der Waals surface area contributed by atoms with Gasteiger partial charge in [-0.2, -0.15) is 0 Å². The molecule has 6 heteroatoms. The van der Waals surface area contributed by atoms with Crippen molar-refractivity contribution in [2.75, 3.05) is 32.8 Å². The highest BCUT2D eigenvalue weighted by molar-refractivity contribution is 14.0. The van der Waals surface area contributed by atoms with Crippen molar-refractivity contribution in [3.63, 3.8) is 0 Å². The molecule has 0 aliphatic heterocycles. The van der Waals surface area contributed by atoms with Gasteiger partial charge in [-0.25, -0.2) is 0 Å². The molecule has 3 N–H and O–H groups in total. The Bertz CT molecular complexity index is 513. The Morgan fingerprint density at radius 3 is 2.35 bits per heavy atom. The number of rotatable bonds is 9. The Kier molecular flexibility index (Phi) is 12.9. The molecule has 0 radical (unpaired) electrons. The second-order valence-electron chi connectivity index (χ2n) is 7.08. The molecular weight excluding hydrogens is 441 g/mol. The van der Waals surface area contributed by atoms with Crippen LogP contribution >= 0.6 is 24.0 Å². The van der Waals surface area contributed by atoms with Crippen molar-refractivity contribution in [2.45, 2.75) is 52.6 Å². The minimum absolute atomic E-state index is 0. The first kappa shape index (κ1) is 25.1. The quantitative estimate of drug-likeness (QED) is 0.220. The average Bonchev–Trinajstić information content (AvgIpc) is 2.58. The van der Waals surface area contributed by atoms with Crippen molar-refractivity contribution in [1.29, 1.82) is 0 Å². The van der Waals surface area contributed by atoms with Crippen molar-refractivity contribution in [2.24, 2.45) is 4.99 Å². The van der Waals surface area contributed by atoms with Crippen LogP contribution in [-0.2, 0) is 10.2 Å². The fourth-order valence-electron chi connectivity index (χ4n) is 2.36. The number of hydrogen-bond donors (Lipinski definition) is 3. The zero-order valence-corrected chi connectivity index (χ0v) is 19.2. The fraction of sp³-hybridized carbons (Fsp3) is 0.650. The van der Waals surface area contributed by atoms with E-state index in [9.17, 15) is 5.11 Å². The van der Waals surface area contributed by atoms with Crippen LogP contribution in [0.15, 0.2) is 29.3 Å². The number of aliphatic imine (C=N–C) groups is 1. The van der Waals surface area contributed by atoms with Crippen LogP contribution in [0.1, 0.15) is 58.3 Å². The summed E-state index contributed by atoms with van der Waals surface area (Å²) in [4.78, 5) is 4.48. The van der Waals surface area contributed by atoms with Crippen molar-refractivity contribution >= 4 is 29.9 Å². The third-order valence-electron chi connectivity index (χ3n) is 3.89. The summed E-state index contributed by atoms with van der Waals surface area (Å²) in [6, 6.07) is 8.14. The van der Waals surface area contributed by atoms with Gasteiger partial charge in [0.05, 0.1) is 12.6 Å². The fourth-order valence-corrected chi connectivity index (χ4v) is 2.36. The van der Waals surface area contributed by atoms with Gasteiger partial charge in [-0.05, 0) is 36.8 Å². The molecule has 0 saturated carbocycles.